The van der Waals surface area contributed by atoms with E-state index >= 15 is 0 Å². The molecule has 3 amide bonds. The first-order chi connectivity index (χ1) is 11.5. The third-order valence-corrected chi connectivity index (χ3v) is 4.51. The molecule has 130 valence electrons. The molecule has 0 bridgehead atoms. The van der Waals surface area contributed by atoms with Crippen LogP contribution in [0.15, 0.2) is 24.3 Å². The molecule has 0 atom stereocenters. The van der Waals surface area contributed by atoms with Crippen molar-refractivity contribution in [2.75, 3.05) is 44.9 Å². The second-order valence-corrected chi connectivity index (χ2v) is 6.42. The number of rotatable bonds is 7. The van der Waals surface area contributed by atoms with Crippen LogP contribution in [0.1, 0.15) is 6.42 Å². The summed E-state index contributed by atoms with van der Waals surface area (Å²) in [6, 6.07) is 6.95. The lowest BCUT2D eigenvalue weighted by Crippen LogP contribution is -2.37. The third-order valence-electron chi connectivity index (χ3n) is 3.62. The van der Waals surface area contributed by atoms with Crippen molar-refractivity contribution < 1.29 is 19.1 Å². The second kappa shape index (κ2) is 8.58. The van der Waals surface area contributed by atoms with Crippen LogP contribution in [-0.2, 0) is 9.59 Å². The molecule has 24 heavy (non-hydrogen) atoms. The highest BCUT2D eigenvalue weighted by atomic mass is 32.2. The minimum absolute atomic E-state index is 0.0164. The van der Waals surface area contributed by atoms with Crippen LogP contribution >= 0.6 is 11.8 Å². The van der Waals surface area contributed by atoms with Crippen molar-refractivity contribution in [2.45, 2.75) is 6.42 Å². The van der Waals surface area contributed by atoms with Gasteiger partial charge >= 0.3 is 0 Å². The van der Waals surface area contributed by atoms with Crippen LogP contribution in [0.5, 0.6) is 5.75 Å². The number of hydrogen-bond acceptors (Lipinski definition) is 5. The molecule has 0 radical (unpaired) electrons. The van der Waals surface area contributed by atoms with Crippen molar-refractivity contribution in [3.8, 4) is 5.75 Å². The predicted molar refractivity (Wildman–Crippen MR) is 93.3 cm³/mol. The number of nitrogens with one attached hydrogen (secondary N) is 1. The van der Waals surface area contributed by atoms with Gasteiger partial charge in [0.25, 0.3) is 5.24 Å². The summed E-state index contributed by atoms with van der Waals surface area (Å²) in [5.74, 6) is 1.04. The van der Waals surface area contributed by atoms with E-state index in [0.29, 0.717) is 24.5 Å². The smallest absolute Gasteiger partial charge is 0.281 e. The molecule has 1 aromatic carbocycles. The molecule has 1 aromatic rings. The molecule has 0 aliphatic carbocycles. The predicted octanol–water partition coefficient (Wildman–Crippen LogP) is 1.65. The maximum Gasteiger partial charge on any atom is 0.281 e. The van der Waals surface area contributed by atoms with Crippen LogP contribution in [0.2, 0.25) is 0 Å². The lowest BCUT2D eigenvalue weighted by Gasteiger charge is -2.19. The van der Waals surface area contributed by atoms with Crippen molar-refractivity contribution >= 4 is 34.5 Å². The van der Waals surface area contributed by atoms with Crippen LogP contribution in [0.4, 0.5) is 10.5 Å². The quantitative estimate of drug-likeness (QED) is 0.808. The Kier molecular flexibility index (Phi) is 6.48. The standard InChI is InChI=1S/C16H21N3O4S/c1-18(15(21)7-8-19-9-10-24-16(19)22)11-14(20)17-12-3-5-13(23-2)6-4-12/h3-6H,7-11H2,1-2H3,(H,17,20). The Morgan fingerprint density at radius 2 is 2.04 bits per heavy atom. The minimum atomic E-state index is -0.274. The van der Waals surface area contributed by atoms with E-state index in [1.807, 2.05) is 0 Å². The van der Waals surface area contributed by atoms with Gasteiger partial charge in [0.05, 0.1) is 13.7 Å². The number of benzene rings is 1. The van der Waals surface area contributed by atoms with Gasteiger partial charge in [-0.15, -0.1) is 0 Å². The molecular formula is C16H21N3O4S. The van der Waals surface area contributed by atoms with Gasteiger partial charge in [-0.3, -0.25) is 14.4 Å². The van der Waals surface area contributed by atoms with Crippen LogP contribution in [-0.4, -0.2) is 66.4 Å². The third kappa shape index (κ3) is 5.16. The fourth-order valence-electron chi connectivity index (χ4n) is 2.23. The fourth-order valence-corrected chi connectivity index (χ4v) is 3.08. The van der Waals surface area contributed by atoms with E-state index in [1.54, 1.807) is 43.3 Å². The van der Waals surface area contributed by atoms with Crippen LogP contribution in [0.3, 0.4) is 0 Å². The molecule has 1 N–H and O–H groups in total. The fraction of sp³-hybridized carbons (Fsp3) is 0.438. The molecule has 1 saturated heterocycles. The van der Waals surface area contributed by atoms with Crippen molar-refractivity contribution in [2.24, 2.45) is 0 Å². The largest absolute Gasteiger partial charge is 0.497 e. The average Bonchev–Trinajstić information content (AvgIpc) is 2.98. The molecule has 0 spiro atoms. The summed E-state index contributed by atoms with van der Waals surface area (Å²) in [7, 11) is 3.15. The van der Waals surface area contributed by atoms with Gasteiger partial charge in [-0.05, 0) is 24.3 Å². The number of hydrogen-bond donors (Lipinski definition) is 1. The highest BCUT2D eigenvalue weighted by Gasteiger charge is 2.22. The molecule has 0 aromatic heterocycles. The average molecular weight is 351 g/mol. The Labute approximate surface area is 145 Å². The molecular weight excluding hydrogens is 330 g/mol. The van der Waals surface area contributed by atoms with E-state index < -0.39 is 0 Å². The molecule has 1 fully saturated rings. The van der Waals surface area contributed by atoms with Gasteiger partial charge in [0.15, 0.2) is 0 Å². The number of carbonyl (C=O) groups excluding carboxylic acids is 3. The number of carbonyl (C=O) groups is 3. The van der Waals surface area contributed by atoms with Crippen LogP contribution in [0, 0.1) is 0 Å². The van der Waals surface area contributed by atoms with Gasteiger partial charge < -0.3 is 19.9 Å². The first-order valence-electron chi connectivity index (χ1n) is 7.59. The van der Waals surface area contributed by atoms with Crippen molar-refractivity contribution in [1.29, 1.82) is 0 Å². The molecule has 1 heterocycles. The molecule has 0 saturated carbocycles. The Morgan fingerprint density at radius 1 is 1.33 bits per heavy atom. The minimum Gasteiger partial charge on any atom is -0.497 e. The van der Waals surface area contributed by atoms with E-state index in [4.69, 9.17) is 4.74 Å². The zero-order valence-electron chi connectivity index (χ0n) is 13.8. The van der Waals surface area contributed by atoms with Crippen molar-refractivity contribution in [3.63, 3.8) is 0 Å². The summed E-state index contributed by atoms with van der Waals surface area (Å²) >= 11 is 1.27. The molecule has 0 unspecified atom stereocenters. The Bertz CT molecular complexity index is 606. The van der Waals surface area contributed by atoms with Gasteiger partial charge in [-0.1, -0.05) is 11.8 Å². The summed E-state index contributed by atoms with van der Waals surface area (Å²) in [6.07, 6.45) is 0.221. The number of likely N-dealkylation sites (N-methyl/N-ethyl adjacent to an activating group) is 1. The summed E-state index contributed by atoms with van der Waals surface area (Å²) in [5.41, 5.74) is 0.640. The Hall–Kier alpha value is -2.22. The Balaban J connectivity index is 1.75. The second-order valence-electron chi connectivity index (χ2n) is 5.38. The maximum absolute atomic E-state index is 12.1. The van der Waals surface area contributed by atoms with Crippen molar-refractivity contribution in [3.05, 3.63) is 24.3 Å². The van der Waals surface area contributed by atoms with Crippen molar-refractivity contribution in [1.82, 2.24) is 9.80 Å². The van der Waals surface area contributed by atoms with Gasteiger partial charge in [-0.25, -0.2) is 0 Å². The lowest BCUT2D eigenvalue weighted by molar-refractivity contribution is -0.133. The molecule has 1 aliphatic rings. The number of ether oxygens (including phenoxy) is 1. The van der Waals surface area contributed by atoms with E-state index in [2.05, 4.69) is 5.32 Å². The number of anilines is 1. The topological polar surface area (TPSA) is 79.0 Å². The number of methoxy groups -OCH3 is 1. The zero-order valence-corrected chi connectivity index (χ0v) is 14.6. The highest BCUT2D eigenvalue weighted by molar-refractivity contribution is 8.13. The molecule has 8 heteroatoms. The van der Waals surface area contributed by atoms with Gasteiger partial charge in [0.1, 0.15) is 5.75 Å². The maximum atomic E-state index is 12.1. The number of amides is 3. The molecule has 2 rings (SSSR count). The summed E-state index contributed by atoms with van der Waals surface area (Å²) < 4.78 is 5.05. The first kappa shape index (κ1) is 18.1. The van der Waals surface area contributed by atoms with E-state index in [1.165, 1.54) is 16.7 Å². The van der Waals surface area contributed by atoms with E-state index in [-0.39, 0.29) is 30.0 Å². The highest BCUT2D eigenvalue weighted by Crippen LogP contribution is 2.17. The number of thioether (sulfide) groups is 1. The van der Waals surface area contributed by atoms with Gasteiger partial charge in [0, 0.05) is 38.0 Å². The van der Waals surface area contributed by atoms with Crippen LogP contribution < -0.4 is 10.1 Å². The van der Waals surface area contributed by atoms with Gasteiger partial charge in [-0.2, -0.15) is 0 Å². The summed E-state index contributed by atoms with van der Waals surface area (Å²) in [5, 5.41) is 2.74. The van der Waals surface area contributed by atoms with Gasteiger partial charge in [0.2, 0.25) is 11.8 Å². The van der Waals surface area contributed by atoms with E-state index in [0.717, 1.165) is 5.75 Å². The Morgan fingerprint density at radius 3 is 2.62 bits per heavy atom. The number of nitrogens with zero attached hydrogens (tertiary/aromatic N) is 2. The lowest BCUT2D eigenvalue weighted by atomic mass is 10.3. The zero-order chi connectivity index (χ0) is 17.5. The van der Waals surface area contributed by atoms with E-state index in [9.17, 15) is 14.4 Å². The monoisotopic (exact) mass is 351 g/mol. The van der Waals surface area contributed by atoms with Crippen LogP contribution in [0.25, 0.3) is 0 Å². The normalized spacial score (nSPS) is 13.8. The first-order valence-corrected chi connectivity index (χ1v) is 8.57. The summed E-state index contributed by atoms with van der Waals surface area (Å²) in [4.78, 5) is 38.6. The molecule has 1 aliphatic heterocycles. The molecule has 7 nitrogen and oxygen atoms in total. The summed E-state index contributed by atoms with van der Waals surface area (Å²) in [6.45, 7) is 1.04. The SMILES string of the molecule is COc1ccc(NC(=O)CN(C)C(=O)CCN2CCSC2=O)cc1.